The van der Waals surface area contributed by atoms with Crippen LogP contribution in [0.3, 0.4) is 0 Å². The van der Waals surface area contributed by atoms with Crippen molar-refractivity contribution in [2.75, 3.05) is 30.8 Å². The van der Waals surface area contributed by atoms with Crippen molar-refractivity contribution < 1.29 is 13.2 Å². The SMILES string of the molecule is CC(=O)N1CC[C@H]2CC[C@@H](CN(CCC(C)C)Cc3ccccc31)N2S(C)(=O)=O. The van der Waals surface area contributed by atoms with Crippen molar-refractivity contribution >= 4 is 21.6 Å². The van der Waals surface area contributed by atoms with Crippen molar-refractivity contribution in [2.24, 2.45) is 5.92 Å². The Bertz CT molecular complexity index is 824. The average molecular weight is 422 g/mol. The van der Waals surface area contributed by atoms with E-state index in [0.717, 1.165) is 50.1 Å². The number of benzene rings is 1. The Morgan fingerprint density at radius 3 is 2.48 bits per heavy atom. The van der Waals surface area contributed by atoms with Gasteiger partial charge in [-0.05, 0) is 49.8 Å². The van der Waals surface area contributed by atoms with E-state index in [-0.39, 0.29) is 18.0 Å². The van der Waals surface area contributed by atoms with E-state index < -0.39 is 10.0 Å². The highest BCUT2D eigenvalue weighted by atomic mass is 32.2. The highest BCUT2D eigenvalue weighted by Crippen LogP contribution is 2.33. The van der Waals surface area contributed by atoms with Gasteiger partial charge in [0.2, 0.25) is 15.9 Å². The van der Waals surface area contributed by atoms with Gasteiger partial charge in [0.15, 0.2) is 0 Å². The second-order valence-electron chi connectivity index (χ2n) is 8.98. The molecule has 2 heterocycles. The molecule has 0 N–H and O–H groups in total. The number of para-hydroxylation sites is 1. The maximum absolute atomic E-state index is 12.6. The zero-order valence-electron chi connectivity index (χ0n) is 18.2. The van der Waals surface area contributed by atoms with Crippen molar-refractivity contribution in [3.05, 3.63) is 29.8 Å². The molecule has 1 saturated heterocycles. The van der Waals surface area contributed by atoms with Crippen LogP contribution in [-0.4, -0.2) is 61.5 Å². The summed E-state index contributed by atoms with van der Waals surface area (Å²) in [7, 11) is -3.30. The Morgan fingerprint density at radius 2 is 1.83 bits per heavy atom. The maximum Gasteiger partial charge on any atom is 0.223 e. The molecule has 2 aliphatic rings. The first-order valence-electron chi connectivity index (χ1n) is 10.7. The van der Waals surface area contributed by atoms with Crippen LogP contribution in [0.2, 0.25) is 0 Å². The van der Waals surface area contributed by atoms with Crippen LogP contribution in [0.5, 0.6) is 0 Å². The average Bonchev–Trinajstić information content (AvgIpc) is 3.02. The molecule has 0 radical (unpaired) electrons. The first-order valence-corrected chi connectivity index (χ1v) is 12.6. The Kier molecular flexibility index (Phi) is 7.02. The summed E-state index contributed by atoms with van der Waals surface area (Å²) in [6.07, 6.45) is 4.81. The molecule has 0 aliphatic carbocycles. The Balaban J connectivity index is 2.00. The van der Waals surface area contributed by atoms with Crippen LogP contribution in [0.1, 0.15) is 52.0 Å². The zero-order valence-corrected chi connectivity index (χ0v) is 19.0. The van der Waals surface area contributed by atoms with Crippen molar-refractivity contribution in [1.82, 2.24) is 9.21 Å². The van der Waals surface area contributed by atoms with Crippen molar-refractivity contribution in [2.45, 2.75) is 65.1 Å². The third-order valence-electron chi connectivity index (χ3n) is 6.17. The van der Waals surface area contributed by atoms with Gasteiger partial charge in [0.25, 0.3) is 0 Å². The van der Waals surface area contributed by atoms with E-state index >= 15 is 0 Å². The van der Waals surface area contributed by atoms with Gasteiger partial charge in [-0.25, -0.2) is 8.42 Å². The minimum atomic E-state index is -3.30. The minimum absolute atomic E-state index is 0.00544. The smallest absolute Gasteiger partial charge is 0.223 e. The fourth-order valence-corrected chi connectivity index (χ4v) is 6.24. The molecule has 1 aromatic rings. The largest absolute Gasteiger partial charge is 0.312 e. The molecule has 2 atom stereocenters. The lowest BCUT2D eigenvalue weighted by molar-refractivity contribution is -0.116. The van der Waals surface area contributed by atoms with Crippen LogP contribution in [0.25, 0.3) is 0 Å². The predicted molar refractivity (Wildman–Crippen MR) is 117 cm³/mol. The molecule has 6 nitrogen and oxygen atoms in total. The molecule has 1 aromatic carbocycles. The molecule has 0 aromatic heterocycles. The standard InChI is InChI=1S/C22H35N3O3S/c1-17(2)11-13-23-15-19-7-5-6-8-22(19)24(18(3)26)14-12-20-9-10-21(16-23)25(20)29(4,27)28/h5-8,17,20-21H,9-16H2,1-4H3/t20-,21+/m1/s1. The quantitative estimate of drug-likeness (QED) is 0.750. The fraction of sp³-hybridized carbons (Fsp3) is 0.682. The van der Waals surface area contributed by atoms with Gasteiger partial charge in [-0.15, -0.1) is 0 Å². The normalized spacial score (nSPS) is 24.4. The predicted octanol–water partition coefficient (Wildman–Crippen LogP) is 3.08. The summed E-state index contributed by atoms with van der Waals surface area (Å²) in [6, 6.07) is 8.08. The number of carbonyl (C=O) groups excluding carboxylic acids is 1. The van der Waals surface area contributed by atoms with Gasteiger partial charge in [0, 0.05) is 44.3 Å². The van der Waals surface area contributed by atoms with Crippen LogP contribution in [0.15, 0.2) is 24.3 Å². The van der Waals surface area contributed by atoms with Crippen LogP contribution in [0, 0.1) is 5.92 Å². The number of nitrogens with zero attached hydrogens (tertiary/aromatic N) is 3. The molecule has 0 saturated carbocycles. The summed E-state index contributed by atoms with van der Waals surface area (Å²) in [6.45, 7) is 8.96. The molecule has 29 heavy (non-hydrogen) atoms. The van der Waals surface area contributed by atoms with Crippen LogP contribution >= 0.6 is 0 Å². The number of anilines is 1. The lowest BCUT2D eigenvalue weighted by Crippen LogP contribution is -2.46. The van der Waals surface area contributed by atoms with Crippen molar-refractivity contribution in [1.29, 1.82) is 0 Å². The summed E-state index contributed by atoms with van der Waals surface area (Å²) in [5.41, 5.74) is 2.09. The molecule has 0 spiro atoms. The first kappa shape index (κ1) is 22.2. The van der Waals surface area contributed by atoms with Crippen LogP contribution in [-0.2, 0) is 21.4 Å². The van der Waals surface area contributed by atoms with Gasteiger partial charge in [-0.3, -0.25) is 9.69 Å². The molecule has 3 rings (SSSR count). The van der Waals surface area contributed by atoms with Gasteiger partial charge in [0.05, 0.1) is 6.26 Å². The van der Waals surface area contributed by atoms with Gasteiger partial charge < -0.3 is 4.90 Å². The summed E-state index contributed by atoms with van der Waals surface area (Å²) < 4.78 is 27.0. The lowest BCUT2D eigenvalue weighted by Gasteiger charge is -2.32. The monoisotopic (exact) mass is 421 g/mol. The van der Waals surface area contributed by atoms with Crippen LogP contribution < -0.4 is 4.90 Å². The Labute approximate surface area is 175 Å². The van der Waals surface area contributed by atoms with E-state index in [1.807, 2.05) is 23.1 Å². The van der Waals surface area contributed by atoms with Gasteiger partial charge in [-0.1, -0.05) is 32.0 Å². The van der Waals surface area contributed by atoms with Gasteiger partial charge >= 0.3 is 0 Å². The van der Waals surface area contributed by atoms with E-state index in [1.54, 1.807) is 11.2 Å². The zero-order chi connectivity index (χ0) is 21.2. The van der Waals surface area contributed by atoms with Crippen LogP contribution in [0.4, 0.5) is 5.69 Å². The van der Waals surface area contributed by atoms with E-state index in [1.165, 1.54) is 6.26 Å². The first-order chi connectivity index (χ1) is 13.7. The van der Waals surface area contributed by atoms with E-state index in [0.29, 0.717) is 18.9 Å². The topological polar surface area (TPSA) is 60.9 Å². The van der Waals surface area contributed by atoms with Crippen molar-refractivity contribution in [3.8, 4) is 0 Å². The fourth-order valence-electron chi connectivity index (χ4n) is 4.77. The molecule has 2 aliphatic heterocycles. The molecule has 1 amide bonds. The molecule has 7 heteroatoms. The molecule has 2 bridgehead atoms. The molecule has 0 unspecified atom stereocenters. The minimum Gasteiger partial charge on any atom is -0.312 e. The maximum atomic E-state index is 12.6. The van der Waals surface area contributed by atoms with E-state index in [9.17, 15) is 13.2 Å². The summed E-state index contributed by atoms with van der Waals surface area (Å²) in [5, 5.41) is 0. The second-order valence-corrected chi connectivity index (χ2v) is 10.9. The molecular weight excluding hydrogens is 386 g/mol. The van der Waals surface area contributed by atoms with E-state index in [2.05, 4.69) is 24.8 Å². The molecule has 162 valence electrons. The number of sulfonamides is 1. The van der Waals surface area contributed by atoms with Crippen molar-refractivity contribution in [3.63, 3.8) is 0 Å². The van der Waals surface area contributed by atoms with E-state index in [4.69, 9.17) is 0 Å². The number of fused-ring (bicyclic) bond motifs is 3. The number of rotatable bonds is 4. The second kappa shape index (κ2) is 9.14. The third kappa shape index (κ3) is 5.38. The number of hydrogen-bond donors (Lipinski definition) is 0. The lowest BCUT2D eigenvalue weighted by atomic mass is 10.1. The number of carbonyl (C=O) groups is 1. The summed E-state index contributed by atoms with van der Waals surface area (Å²) in [4.78, 5) is 16.7. The third-order valence-corrected chi connectivity index (χ3v) is 7.53. The van der Waals surface area contributed by atoms with Gasteiger partial charge in [0.1, 0.15) is 0 Å². The molecule has 1 fully saturated rings. The molecular formula is C22H35N3O3S. The number of hydrogen-bond acceptors (Lipinski definition) is 4. The highest BCUT2D eigenvalue weighted by Gasteiger charge is 2.40. The van der Waals surface area contributed by atoms with Gasteiger partial charge in [-0.2, -0.15) is 4.31 Å². The Morgan fingerprint density at radius 1 is 1.14 bits per heavy atom. The summed E-state index contributed by atoms with van der Waals surface area (Å²) >= 11 is 0. The Hall–Kier alpha value is -1.44. The highest BCUT2D eigenvalue weighted by molar-refractivity contribution is 7.88. The summed E-state index contributed by atoms with van der Waals surface area (Å²) in [5.74, 6) is 0.588. The number of amides is 1.